The molecule has 4 N–H and O–H groups in total. The zero-order valence-corrected chi connectivity index (χ0v) is 11.7. The molecular weight excluding hydrogens is 248 g/mol. The molecule has 4 nitrogen and oxygen atoms in total. The molecule has 5 heteroatoms. The first-order valence-corrected chi connectivity index (χ1v) is 6.59. The fourth-order valence-electron chi connectivity index (χ4n) is 2.55. The third kappa shape index (κ3) is 2.82. The lowest BCUT2D eigenvalue weighted by molar-refractivity contribution is 0.340. The van der Waals surface area contributed by atoms with E-state index in [1.54, 1.807) is 6.07 Å². The van der Waals surface area contributed by atoms with Crippen molar-refractivity contribution in [2.75, 3.05) is 50.1 Å². The number of nitrogen functional groups attached to an aromatic ring is 2. The fraction of sp³-hybridized carbons (Fsp3) is 0.538. The second kappa shape index (κ2) is 5.24. The molecular formula is C13H21ClN4. The molecule has 1 aliphatic rings. The van der Waals surface area contributed by atoms with Gasteiger partial charge in [0.25, 0.3) is 0 Å². The van der Waals surface area contributed by atoms with Crippen LogP contribution in [-0.4, -0.2) is 38.6 Å². The first kappa shape index (κ1) is 13.3. The number of anilines is 3. The Bertz CT molecular complexity index is 433. The van der Waals surface area contributed by atoms with Gasteiger partial charge in [-0.2, -0.15) is 0 Å². The minimum atomic E-state index is 0.549. The van der Waals surface area contributed by atoms with Gasteiger partial charge in [-0.05, 0) is 38.6 Å². The Morgan fingerprint density at radius 3 is 2.67 bits per heavy atom. The summed E-state index contributed by atoms with van der Waals surface area (Å²) in [7, 11) is 4.22. The van der Waals surface area contributed by atoms with Gasteiger partial charge in [-0.1, -0.05) is 11.6 Å². The molecule has 100 valence electrons. The van der Waals surface area contributed by atoms with E-state index in [0.29, 0.717) is 22.3 Å². The molecule has 1 heterocycles. The van der Waals surface area contributed by atoms with Crippen molar-refractivity contribution >= 4 is 28.7 Å². The van der Waals surface area contributed by atoms with Crippen molar-refractivity contribution in [2.24, 2.45) is 5.92 Å². The summed E-state index contributed by atoms with van der Waals surface area (Å²) in [6, 6.07) is 3.63. The van der Waals surface area contributed by atoms with Gasteiger partial charge in [-0.15, -0.1) is 0 Å². The Morgan fingerprint density at radius 1 is 1.33 bits per heavy atom. The van der Waals surface area contributed by atoms with Crippen molar-refractivity contribution in [3.8, 4) is 0 Å². The summed E-state index contributed by atoms with van der Waals surface area (Å²) in [4.78, 5) is 4.53. The molecule has 1 aromatic carbocycles. The molecule has 1 fully saturated rings. The van der Waals surface area contributed by atoms with E-state index in [2.05, 4.69) is 23.9 Å². The predicted molar refractivity (Wildman–Crippen MR) is 79.2 cm³/mol. The summed E-state index contributed by atoms with van der Waals surface area (Å²) in [5, 5.41) is 0.687. The first-order valence-electron chi connectivity index (χ1n) is 6.21. The summed E-state index contributed by atoms with van der Waals surface area (Å²) >= 11 is 6.25. The minimum absolute atomic E-state index is 0.549. The number of halogens is 1. The molecule has 0 saturated carbocycles. The maximum atomic E-state index is 6.25. The molecule has 0 radical (unpaired) electrons. The van der Waals surface area contributed by atoms with Crippen molar-refractivity contribution in [3.05, 3.63) is 17.2 Å². The topological polar surface area (TPSA) is 58.5 Å². The third-order valence-electron chi connectivity index (χ3n) is 3.40. The van der Waals surface area contributed by atoms with Gasteiger partial charge in [0, 0.05) is 19.6 Å². The van der Waals surface area contributed by atoms with Crippen molar-refractivity contribution in [3.63, 3.8) is 0 Å². The fourth-order valence-corrected chi connectivity index (χ4v) is 2.84. The largest absolute Gasteiger partial charge is 0.397 e. The van der Waals surface area contributed by atoms with Crippen LogP contribution in [0.1, 0.15) is 6.42 Å². The van der Waals surface area contributed by atoms with Crippen LogP contribution >= 0.6 is 11.6 Å². The second-order valence-electron chi connectivity index (χ2n) is 5.30. The van der Waals surface area contributed by atoms with Crippen molar-refractivity contribution in [1.82, 2.24) is 4.90 Å². The Balaban J connectivity index is 2.12. The highest BCUT2D eigenvalue weighted by molar-refractivity contribution is 6.33. The first-order chi connectivity index (χ1) is 8.47. The number of rotatable bonds is 3. The van der Waals surface area contributed by atoms with Crippen LogP contribution in [0.2, 0.25) is 5.02 Å². The van der Waals surface area contributed by atoms with Crippen LogP contribution in [0, 0.1) is 5.92 Å². The predicted octanol–water partition coefficient (Wildman–Crippen LogP) is 1.89. The van der Waals surface area contributed by atoms with Gasteiger partial charge in [0.2, 0.25) is 0 Å². The molecule has 0 spiro atoms. The van der Waals surface area contributed by atoms with Crippen molar-refractivity contribution < 1.29 is 0 Å². The summed E-state index contributed by atoms with van der Waals surface area (Å²) in [6.45, 7) is 3.17. The number of hydrogen-bond donors (Lipinski definition) is 2. The molecule has 0 unspecified atom stereocenters. The smallest absolute Gasteiger partial charge is 0.0661 e. The standard InChI is InChI=1S/C13H21ClN4/c1-17(2)7-9-3-4-18(8-9)13-6-12(16)11(15)5-10(13)14/h5-6,9H,3-4,7-8,15-16H2,1-2H3/t9-/m1/s1. The SMILES string of the molecule is CN(C)C[C@H]1CCN(c2cc(N)c(N)cc2Cl)C1. The van der Waals surface area contributed by atoms with E-state index >= 15 is 0 Å². The summed E-state index contributed by atoms with van der Waals surface area (Å²) < 4.78 is 0. The van der Waals surface area contributed by atoms with Crippen LogP contribution in [0.25, 0.3) is 0 Å². The lowest BCUT2D eigenvalue weighted by Gasteiger charge is -2.22. The number of hydrogen-bond acceptors (Lipinski definition) is 4. The van der Waals surface area contributed by atoms with E-state index < -0.39 is 0 Å². The highest BCUT2D eigenvalue weighted by atomic mass is 35.5. The normalized spacial score (nSPS) is 19.8. The quantitative estimate of drug-likeness (QED) is 0.822. The summed E-state index contributed by atoms with van der Waals surface area (Å²) in [5.41, 5.74) is 13.8. The van der Waals surface area contributed by atoms with E-state index in [4.69, 9.17) is 23.1 Å². The molecule has 1 atom stereocenters. The Kier molecular flexibility index (Phi) is 3.88. The van der Waals surface area contributed by atoms with Gasteiger partial charge in [-0.25, -0.2) is 0 Å². The zero-order chi connectivity index (χ0) is 13.3. The van der Waals surface area contributed by atoms with E-state index in [1.165, 1.54) is 6.42 Å². The molecule has 1 aromatic rings. The number of nitrogens with zero attached hydrogens (tertiary/aromatic N) is 2. The van der Waals surface area contributed by atoms with E-state index in [1.807, 2.05) is 6.07 Å². The van der Waals surface area contributed by atoms with Gasteiger partial charge in [0.15, 0.2) is 0 Å². The van der Waals surface area contributed by atoms with Gasteiger partial charge in [-0.3, -0.25) is 0 Å². The molecule has 0 amide bonds. The maximum Gasteiger partial charge on any atom is 0.0661 e. The lowest BCUT2D eigenvalue weighted by Crippen LogP contribution is -2.25. The number of nitrogens with two attached hydrogens (primary N) is 2. The Labute approximate surface area is 113 Å². The molecule has 0 aromatic heterocycles. The van der Waals surface area contributed by atoms with Gasteiger partial charge in [0.05, 0.1) is 22.1 Å². The van der Waals surface area contributed by atoms with Gasteiger partial charge < -0.3 is 21.3 Å². The average molecular weight is 269 g/mol. The Morgan fingerprint density at radius 2 is 2.00 bits per heavy atom. The highest BCUT2D eigenvalue weighted by Gasteiger charge is 2.24. The average Bonchev–Trinajstić information content (AvgIpc) is 2.70. The molecule has 18 heavy (non-hydrogen) atoms. The van der Waals surface area contributed by atoms with Crippen LogP contribution in [-0.2, 0) is 0 Å². The van der Waals surface area contributed by atoms with E-state index in [-0.39, 0.29) is 0 Å². The van der Waals surface area contributed by atoms with Gasteiger partial charge in [0.1, 0.15) is 0 Å². The number of benzene rings is 1. The molecule has 0 bridgehead atoms. The van der Waals surface area contributed by atoms with Crippen molar-refractivity contribution in [1.29, 1.82) is 0 Å². The Hall–Kier alpha value is -1.13. The van der Waals surface area contributed by atoms with Gasteiger partial charge >= 0.3 is 0 Å². The van der Waals surface area contributed by atoms with Crippen LogP contribution in [0.4, 0.5) is 17.1 Å². The van der Waals surface area contributed by atoms with Crippen molar-refractivity contribution in [2.45, 2.75) is 6.42 Å². The molecule has 2 rings (SSSR count). The molecule has 0 aliphatic carbocycles. The maximum absolute atomic E-state index is 6.25. The van der Waals surface area contributed by atoms with Crippen LogP contribution in [0.5, 0.6) is 0 Å². The highest BCUT2D eigenvalue weighted by Crippen LogP contribution is 2.35. The zero-order valence-electron chi connectivity index (χ0n) is 11.0. The summed E-state index contributed by atoms with van der Waals surface area (Å²) in [6.07, 6.45) is 1.19. The minimum Gasteiger partial charge on any atom is -0.397 e. The third-order valence-corrected chi connectivity index (χ3v) is 3.71. The molecule has 1 aliphatic heterocycles. The van der Waals surface area contributed by atoms with Crippen LogP contribution in [0.15, 0.2) is 12.1 Å². The van der Waals surface area contributed by atoms with E-state index in [0.717, 1.165) is 25.3 Å². The van der Waals surface area contributed by atoms with Crippen LogP contribution in [0.3, 0.4) is 0 Å². The molecule has 1 saturated heterocycles. The second-order valence-corrected chi connectivity index (χ2v) is 5.70. The monoisotopic (exact) mass is 268 g/mol. The lowest BCUT2D eigenvalue weighted by atomic mass is 10.1. The summed E-state index contributed by atoms with van der Waals surface area (Å²) in [5.74, 6) is 0.690. The van der Waals surface area contributed by atoms with E-state index in [9.17, 15) is 0 Å². The van der Waals surface area contributed by atoms with Crippen LogP contribution < -0.4 is 16.4 Å².